The van der Waals surface area contributed by atoms with Crippen molar-refractivity contribution in [2.24, 2.45) is 0 Å². The summed E-state index contributed by atoms with van der Waals surface area (Å²) < 4.78 is 15.0. The number of para-hydroxylation sites is 1. The molecular weight excluding hydrogens is 269 g/mol. The molecule has 0 aliphatic heterocycles. The summed E-state index contributed by atoms with van der Waals surface area (Å²) in [6.45, 7) is 3.62. The lowest BCUT2D eigenvalue weighted by Crippen LogP contribution is -2.03. The summed E-state index contributed by atoms with van der Waals surface area (Å²) >= 11 is 0. The summed E-state index contributed by atoms with van der Waals surface area (Å²) in [7, 11) is 0. The van der Waals surface area contributed by atoms with Gasteiger partial charge in [-0.05, 0) is 59.7 Å². The largest absolute Gasteiger partial charge is 0.398 e. The highest BCUT2D eigenvalue weighted by atomic mass is 19.1. The molecule has 0 aliphatic carbocycles. The summed E-state index contributed by atoms with van der Waals surface area (Å²) in [5.41, 5.74) is 9.67. The lowest BCUT2D eigenvalue weighted by molar-refractivity contribution is 0.617. The summed E-state index contributed by atoms with van der Waals surface area (Å²) in [5, 5.41) is 11.7. The zero-order valence-corrected chi connectivity index (χ0v) is 11.7. The molecule has 2 N–H and O–H groups in total. The standard InChI is InChI=1S/C15H14FN5/c1-9-4-3-5-12(14(9)17)15-18-19-20-21(15)11-6-7-13(16)10(2)8-11/h3-8H,17H2,1-2H3. The molecule has 0 unspecified atom stereocenters. The van der Waals surface area contributed by atoms with Crippen molar-refractivity contribution in [1.82, 2.24) is 20.2 Å². The van der Waals surface area contributed by atoms with E-state index in [2.05, 4.69) is 15.5 Å². The molecule has 0 saturated carbocycles. The van der Waals surface area contributed by atoms with Gasteiger partial charge in [0.25, 0.3) is 0 Å². The number of hydrogen-bond donors (Lipinski definition) is 1. The number of aromatic nitrogens is 4. The Hall–Kier alpha value is -2.76. The van der Waals surface area contributed by atoms with Crippen LogP contribution in [0.5, 0.6) is 0 Å². The molecule has 5 nitrogen and oxygen atoms in total. The monoisotopic (exact) mass is 283 g/mol. The first kappa shape index (κ1) is 13.2. The number of halogens is 1. The van der Waals surface area contributed by atoms with Crippen LogP contribution in [-0.4, -0.2) is 20.2 Å². The Morgan fingerprint density at radius 2 is 1.90 bits per heavy atom. The molecule has 2 aromatic carbocycles. The molecule has 0 fully saturated rings. The van der Waals surface area contributed by atoms with Crippen LogP contribution in [0.15, 0.2) is 36.4 Å². The van der Waals surface area contributed by atoms with Crippen LogP contribution in [0.2, 0.25) is 0 Å². The van der Waals surface area contributed by atoms with Crippen molar-refractivity contribution >= 4 is 5.69 Å². The SMILES string of the molecule is Cc1cc(-n2nnnc2-c2cccc(C)c2N)ccc1F. The maximum atomic E-state index is 13.4. The molecule has 3 aromatic rings. The number of nitrogens with zero attached hydrogens (tertiary/aromatic N) is 4. The number of anilines is 1. The van der Waals surface area contributed by atoms with E-state index < -0.39 is 0 Å². The zero-order valence-electron chi connectivity index (χ0n) is 11.7. The predicted octanol–water partition coefficient (Wildman–Crippen LogP) is 2.67. The Bertz CT molecular complexity index is 810. The van der Waals surface area contributed by atoms with Gasteiger partial charge in [-0.25, -0.2) is 4.39 Å². The number of aryl methyl sites for hydroxylation is 2. The van der Waals surface area contributed by atoms with E-state index >= 15 is 0 Å². The van der Waals surface area contributed by atoms with Gasteiger partial charge in [0.1, 0.15) is 5.82 Å². The molecule has 0 bridgehead atoms. The molecule has 1 aromatic heterocycles. The number of nitrogen functional groups attached to an aromatic ring is 1. The van der Waals surface area contributed by atoms with Crippen LogP contribution in [0, 0.1) is 19.7 Å². The third-order valence-corrected chi connectivity index (χ3v) is 3.42. The molecular formula is C15H14FN5. The Kier molecular flexibility index (Phi) is 3.13. The smallest absolute Gasteiger partial charge is 0.189 e. The van der Waals surface area contributed by atoms with Crippen molar-refractivity contribution < 1.29 is 4.39 Å². The van der Waals surface area contributed by atoms with Crippen molar-refractivity contribution in [3.05, 3.63) is 53.3 Å². The lowest BCUT2D eigenvalue weighted by atomic mass is 10.1. The van der Waals surface area contributed by atoms with E-state index in [1.54, 1.807) is 23.7 Å². The number of tetrazole rings is 1. The second-order valence-electron chi connectivity index (χ2n) is 4.88. The van der Waals surface area contributed by atoms with E-state index in [0.29, 0.717) is 22.8 Å². The minimum Gasteiger partial charge on any atom is -0.398 e. The molecule has 0 amide bonds. The van der Waals surface area contributed by atoms with Gasteiger partial charge < -0.3 is 5.73 Å². The van der Waals surface area contributed by atoms with Crippen molar-refractivity contribution in [2.45, 2.75) is 13.8 Å². The average molecular weight is 283 g/mol. The van der Waals surface area contributed by atoms with Gasteiger partial charge in [-0.3, -0.25) is 0 Å². The van der Waals surface area contributed by atoms with Crippen molar-refractivity contribution in [3.8, 4) is 17.1 Å². The summed E-state index contributed by atoms with van der Waals surface area (Å²) in [5.74, 6) is 0.269. The third-order valence-electron chi connectivity index (χ3n) is 3.42. The van der Waals surface area contributed by atoms with Crippen molar-refractivity contribution in [3.63, 3.8) is 0 Å². The molecule has 0 spiro atoms. The molecule has 0 radical (unpaired) electrons. The van der Waals surface area contributed by atoms with Crippen molar-refractivity contribution in [2.75, 3.05) is 5.73 Å². The fraction of sp³-hybridized carbons (Fsp3) is 0.133. The number of rotatable bonds is 2. The summed E-state index contributed by atoms with van der Waals surface area (Å²) in [4.78, 5) is 0. The Balaban J connectivity index is 2.17. The summed E-state index contributed by atoms with van der Waals surface area (Å²) in [6.07, 6.45) is 0. The number of nitrogens with two attached hydrogens (primary N) is 1. The molecule has 0 atom stereocenters. The first-order valence-electron chi connectivity index (χ1n) is 6.48. The van der Waals surface area contributed by atoms with Gasteiger partial charge in [0.15, 0.2) is 5.82 Å². The number of hydrogen-bond acceptors (Lipinski definition) is 4. The van der Waals surface area contributed by atoms with Gasteiger partial charge >= 0.3 is 0 Å². The highest BCUT2D eigenvalue weighted by Crippen LogP contribution is 2.27. The third kappa shape index (κ3) is 2.24. The first-order chi connectivity index (χ1) is 10.1. The van der Waals surface area contributed by atoms with Crippen LogP contribution in [0.3, 0.4) is 0 Å². The second-order valence-corrected chi connectivity index (χ2v) is 4.88. The van der Waals surface area contributed by atoms with E-state index in [-0.39, 0.29) is 5.82 Å². The van der Waals surface area contributed by atoms with Crippen LogP contribution >= 0.6 is 0 Å². The van der Waals surface area contributed by atoms with E-state index in [0.717, 1.165) is 11.1 Å². The van der Waals surface area contributed by atoms with Crippen LogP contribution in [-0.2, 0) is 0 Å². The molecule has 21 heavy (non-hydrogen) atoms. The van der Waals surface area contributed by atoms with Crippen molar-refractivity contribution in [1.29, 1.82) is 0 Å². The van der Waals surface area contributed by atoms with E-state index in [1.807, 2.05) is 25.1 Å². The van der Waals surface area contributed by atoms with Crippen LogP contribution in [0.25, 0.3) is 17.1 Å². The van der Waals surface area contributed by atoms with Gasteiger partial charge in [-0.15, -0.1) is 5.10 Å². The Morgan fingerprint density at radius 3 is 2.67 bits per heavy atom. The van der Waals surface area contributed by atoms with Crippen LogP contribution in [0.4, 0.5) is 10.1 Å². The Labute approximate surface area is 121 Å². The molecule has 0 saturated heterocycles. The van der Waals surface area contributed by atoms with Gasteiger partial charge in [0.2, 0.25) is 0 Å². The van der Waals surface area contributed by atoms with Gasteiger partial charge in [0, 0.05) is 11.3 Å². The molecule has 3 rings (SSSR count). The Morgan fingerprint density at radius 1 is 1.10 bits per heavy atom. The van der Waals surface area contributed by atoms with Gasteiger partial charge in [-0.1, -0.05) is 12.1 Å². The lowest BCUT2D eigenvalue weighted by Gasteiger charge is -2.09. The average Bonchev–Trinajstić information content (AvgIpc) is 2.94. The van der Waals surface area contributed by atoms with E-state index in [1.165, 1.54) is 6.07 Å². The fourth-order valence-electron chi connectivity index (χ4n) is 2.17. The van der Waals surface area contributed by atoms with Gasteiger partial charge in [-0.2, -0.15) is 4.68 Å². The maximum absolute atomic E-state index is 13.4. The van der Waals surface area contributed by atoms with E-state index in [4.69, 9.17) is 5.73 Å². The number of benzene rings is 2. The second kappa shape index (κ2) is 4.97. The normalized spacial score (nSPS) is 10.8. The summed E-state index contributed by atoms with van der Waals surface area (Å²) in [6, 6.07) is 10.4. The van der Waals surface area contributed by atoms with Crippen LogP contribution < -0.4 is 5.73 Å². The van der Waals surface area contributed by atoms with Gasteiger partial charge in [0.05, 0.1) is 5.69 Å². The predicted molar refractivity (Wildman–Crippen MR) is 78.4 cm³/mol. The van der Waals surface area contributed by atoms with E-state index in [9.17, 15) is 4.39 Å². The highest BCUT2D eigenvalue weighted by molar-refractivity contribution is 5.74. The molecule has 6 heteroatoms. The maximum Gasteiger partial charge on any atom is 0.189 e. The minimum atomic E-state index is -0.261. The molecule has 1 heterocycles. The fourth-order valence-corrected chi connectivity index (χ4v) is 2.17. The highest BCUT2D eigenvalue weighted by Gasteiger charge is 2.14. The van der Waals surface area contributed by atoms with Crippen LogP contribution in [0.1, 0.15) is 11.1 Å². The first-order valence-corrected chi connectivity index (χ1v) is 6.48. The zero-order chi connectivity index (χ0) is 15.0. The minimum absolute atomic E-state index is 0.261. The molecule has 106 valence electrons. The molecule has 0 aliphatic rings. The quantitative estimate of drug-likeness (QED) is 0.734. The topological polar surface area (TPSA) is 69.6 Å².